The number of carbonyl (C=O) groups is 2. The number of ether oxygens (including phenoxy) is 1. The Bertz CT molecular complexity index is 616. The number of nitrogens with one attached hydrogen (secondary N) is 4. The Hall–Kier alpha value is -0.830. The van der Waals surface area contributed by atoms with E-state index in [-0.39, 0.29) is 29.2 Å². The van der Waals surface area contributed by atoms with Crippen LogP contribution < -0.4 is 21.3 Å². The summed E-state index contributed by atoms with van der Waals surface area (Å²) in [6.45, 7) is 4.12. The van der Waals surface area contributed by atoms with Gasteiger partial charge in [-0.25, -0.2) is 0 Å². The topological polar surface area (TPSA) is 91.5 Å². The highest BCUT2D eigenvalue weighted by Gasteiger charge is 2.45. The largest absolute Gasteiger partial charge is 0.466 e. The molecular formula is C23H40N4O3S. The second-order valence-corrected chi connectivity index (χ2v) is 10.8. The fraction of sp³-hybridized carbons (Fsp3) is 0.913. The second kappa shape index (κ2) is 11.3. The first-order valence-electron chi connectivity index (χ1n) is 12.4. The van der Waals surface area contributed by atoms with Crippen LogP contribution in [0.25, 0.3) is 0 Å². The number of amides is 1. The standard InChI is InChI=1S/C23H40N4O3S/c1-2-30-23(29)16-10-6-7-11-18(16)27-19(28)13-31-22-21-20(25-14-26-22)17(12-24-21)15-8-4-3-5-9-15/h15-18,20-22,24-26H,2-14H2,1H3,(H,27,28). The van der Waals surface area contributed by atoms with E-state index in [1.165, 1.54) is 32.1 Å². The van der Waals surface area contributed by atoms with Crippen molar-refractivity contribution in [3.05, 3.63) is 0 Å². The first kappa shape index (κ1) is 23.3. The third-order valence-corrected chi connectivity index (χ3v) is 9.00. The molecule has 0 aromatic heterocycles. The molecule has 7 nitrogen and oxygen atoms in total. The van der Waals surface area contributed by atoms with Crippen molar-refractivity contribution in [3.63, 3.8) is 0 Å². The molecule has 8 heteroatoms. The Morgan fingerprint density at radius 2 is 1.74 bits per heavy atom. The molecule has 2 saturated carbocycles. The van der Waals surface area contributed by atoms with Crippen LogP contribution in [0.2, 0.25) is 0 Å². The fourth-order valence-corrected chi connectivity index (χ4v) is 7.29. The lowest BCUT2D eigenvalue weighted by Gasteiger charge is -2.39. The summed E-state index contributed by atoms with van der Waals surface area (Å²) in [7, 11) is 0. The summed E-state index contributed by atoms with van der Waals surface area (Å²) in [6.07, 6.45) is 10.6. The minimum absolute atomic E-state index is 0.0323. The maximum atomic E-state index is 12.7. The third kappa shape index (κ3) is 5.75. The maximum absolute atomic E-state index is 12.7. The van der Waals surface area contributed by atoms with Crippen LogP contribution in [-0.4, -0.2) is 60.9 Å². The van der Waals surface area contributed by atoms with Gasteiger partial charge in [-0.05, 0) is 31.6 Å². The number of hydrogen-bond acceptors (Lipinski definition) is 7. The van der Waals surface area contributed by atoms with Crippen LogP contribution in [0.4, 0.5) is 0 Å². The van der Waals surface area contributed by atoms with Crippen LogP contribution in [0, 0.1) is 17.8 Å². The fourth-order valence-electron chi connectivity index (χ4n) is 6.20. The molecule has 0 aromatic carbocycles. The minimum atomic E-state index is -0.197. The zero-order valence-electron chi connectivity index (χ0n) is 18.9. The SMILES string of the molecule is CCOC(=O)C1CCCCC1NC(=O)CSC1NCNC2C(C3CCCCC3)CNC12. The van der Waals surface area contributed by atoms with Crippen LogP contribution in [0.1, 0.15) is 64.7 Å². The van der Waals surface area contributed by atoms with Gasteiger partial charge in [0.15, 0.2) is 0 Å². The predicted octanol–water partition coefficient (Wildman–Crippen LogP) is 1.97. The van der Waals surface area contributed by atoms with Gasteiger partial charge in [0.25, 0.3) is 0 Å². The number of thioether (sulfide) groups is 1. The Labute approximate surface area is 191 Å². The molecule has 2 aliphatic carbocycles. The molecule has 6 unspecified atom stereocenters. The number of hydrogen-bond donors (Lipinski definition) is 4. The second-order valence-electron chi connectivity index (χ2n) is 9.66. The van der Waals surface area contributed by atoms with E-state index in [4.69, 9.17) is 4.74 Å². The normalized spacial score (nSPS) is 36.5. The molecule has 4 N–H and O–H groups in total. The summed E-state index contributed by atoms with van der Waals surface area (Å²) in [5, 5.41) is 14.4. The van der Waals surface area contributed by atoms with Crippen molar-refractivity contribution in [1.82, 2.24) is 21.3 Å². The summed E-state index contributed by atoms with van der Waals surface area (Å²) in [5.41, 5.74) is 0. The van der Waals surface area contributed by atoms with Gasteiger partial charge in [-0.3, -0.25) is 20.2 Å². The average Bonchev–Trinajstić information content (AvgIpc) is 3.23. The van der Waals surface area contributed by atoms with E-state index in [0.29, 0.717) is 30.4 Å². The first-order chi connectivity index (χ1) is 15.2. The van der Waals surface area contributed by atoms with E-state index in [0.717, 1.165) is 44.8 Å². The summed E-state index contributed by atoms with van der Waals surface area (Å²) in [6, 6.07) is 0.770. The molecular weight excluding hydrogens is 412 g/mol. The smallest absolute Gasteiger partial charge is 0.311 e. The van der Waals surface area contributed by atoms with Crippen molar-refractivity contribution in [2.75, 3.05) is 25.6 Å². The molecule has 4 fully saturated rings. The van der Waals surface area contributed by atoms with E-state index in [2.05, 4.69) is 21.3 Å². The molecule has 2 heterocycles. The summed E-state index contributed by atoms with van der Waals surface area (Å²) in [5.74, 6) is 1.63. The molecule has 4 aliphatic rings. The van der Waals surface area contributed by atoms with Crippen LogP contribution in [-0.2, 0) is 14.3 Å². The van der Waals surface area contributed by atoms with E-state index < -0.39 is 0 Å². The molecule has 2 aliphatic heterocycles. The molecule has 176 valence electrons. The molecule has 4 rings (SSSR count). The highest BCUT2D eigenvalue weighted by atomic mass is 32.2. The predicted molar refractivity (Wildman–Crippen MR) is 124 cm³/mol. The van der Waals surface area contributed by atoms with Gasteiger partial charge in [0.2, 0.25) is 5.91 Å². The van der Waals surface area contributed by atoms with E-state index in [1.54, 1.807) is 11.8 Å². The van der Waals surface area contributed by atoms with Crippen LogP contribution in [0.5, 0.6) is 0 Å². The Kier molecular flexibility index (Phi) is 8.54. The quantitative estimate of drug-likeness (QED) is 0.439. The van der Waals surface area contributed by atoms with Gasteiger partial charge in [0.1, 0.15) is 0 Å². The van der Waals surface area contributed by atoms with E-state index in [9.17, 15) is 9.59 Å². The molecule has 2 saturated heterocycles. The highest BCUT2D eigenvalue weighted by Crippen LogP contribution is 2.37. The Morgan fingerprint density at radius 3 is 2.55 bits per heavy atom. The van der Waals surface area contributed by atoms with Gasteiger partial charge < -0.3 is 15.4 Å². The minimum Gasteiger partial charge on any atom is -0.466 e. The Balaban J connectivity index is 1.26. The van der Waals surface area contributed by atoms with Crippen LogP contribution >= 0.6 is 11.8 Å². The lowest BCUT2D eigenvalue weighted by atomic mass is 9.76. The summed E-state index contributed by atoms with van der Waals surface area (Å²) in [4.78, 5) is 25.0. The van der Waals surface area contributed by atoms with Gasteiger partial charge in [-0.1, -0.05) is 44.9 Å². The van der Waals surface area contributed by atoms with Crippen molar-refractivity contribution in [1.29, 1.82) is 0 Å². The van der Waals surface area contributed by atoms with Crippen LogP contribution in [0.3, 0.4) is 0 Å². The van der Waals surface area contributed by atoms with E-state index >= 15 is 0 Å². The number of rotatable bonds is 7. The molecule has 6 atom stereocenters. The monoisotopic (exact) mass is 452 g/mol. The van der Waals surface area contributed by atoms with E-state index in [1.807, 2.05) is 6.92 Å². The van der Waals surface area contributed by atoms with Crippen molar-refractivity contribution in [2.45, 2.75) is 88.2 Å². The zero-order chi connectivity index (χ0) is 21.6. The summed E-state index contributed by atoms with van der Waals surface area (Å²) >= 11 is 1.70. The molecule has 31 heavy (non-hydrogen) atoms. The third-order valence-electron chi connectivity index (χ3n) is 7.76. The molecule has 0 radical (unpaired) electrons. The zero-order valence-corrected chi connectivity index (χ0v) is 19.7. The first-order valence-corrected chi connectivity index (χ1v) is 13.5. The van der Waals surface area contributed by atoms with Crippen molar-refractivity contribution < 1.29 is 14.3 Å². The van der Waals surface area contributed by atoms with Crippen molar-refractivity contribution >= 4 is 23.6 Å². The van der Waals surface area contributed by atoms with Crippen molar-refractivity contribution in [3.8, 4) is 0 Å². The van der Waals surface area contributed by atoms with Crippen molar-refractivity contribution in [2.24, 2.45) is 17.8 Å². The van der Waals surface area contributed by atoms with Gasteiger partial charge >= 0.3 is 5.97 Å². The average molecular weight is 453 g/mol. The molecule has 1 amide bonds. The maximum Gasteiger partial charge on any atom is 0.311 e. The van der Waals surface area contributed by atoms with Gasteiger partial charge in [-0.15, -0.1) is 11.8 Å². The molecule has 0 bridgehead atoms. The number of esters is 1. The highest BCUT2D eigenvalue weighted by molar-refractivity contribution is 8.00. The lowest BCUT2D eigenvalue weighted by molar-refractivity contribution is -0.150. The summed E-state index contributed by atoms with van der Waals surface area (Å²) < 4.78 is 5.23. The molecule has 0 aromatic rings. The molecule has 0 spiro atoms. The number of carbonyl (C=O) groups excluding carboxylic acids is 2. The van der Waals surface area contributed by atoms with Gasteiger partial charge in [-0.2, -0.15) is 0 Å². The van der Waals surface area contributed by atoms with Gasteiger partial charge in [0, 0.05) is 31.3 Å². The Morgan fingerprint density at radius 1 is 0.968 bits per heavy atom. The van der Waals surface area contributed by atoms with Gasteiger partial charge in [0.05, 0.1) is 23.7 Å². The number of fused-ring (bicyclic) bond motifs is 1. The lowest BCUT2D eigenvalue weighted by Crippen LogP contribution is -2.62. The van der Waals surface area contributed by atoms with Crippen LogP contribution in [0.15, 0.2) is 0 Å².